The lowest BCUT2D eigenvalue weighted by atomic mass is 9.76. The Kier molecular flexibility index (Phi) is 5.31. The van der Waals surface area contributed by atoms with E-state index in [0.717, 1.165) is 0 Å². The number of fused-ring (bicyclic) bond motifs is 10. The molecule has 0 N–H and O–H groups in total. The zero-order chi connectivity index (χ0) is 30.6. The molecule has 0 spiro atoms. The van der Waals surface area contributed by atoms with E-state index in [0.29, 0.717) is 0 Å². The number of benzene rings is 8. The van der Waals surface area contributed by atoms with Crippen molar-refractivity contribution in [1.82, 2.24) is 0 Å². The molecule has 0 fully saturated rings. The predicted octanol–water partition coefficient (Wildman–Crippen LogP) is 13.2. The molecule has 0 atom stereocenters. The molecule has 1 aliphatic rings. The van der Waals surface area contributed by atoms with Gasteiger partial charge in [0.05, 0.1) is 0 Å². The van der Waals surface area contributed by atoms with Crippen LogP contribution in [-0.4, -0.2) is 0 Å². The minimum absolute atomic E-state index is 0.144. The molecule has 0 aliphatic heterocycles. The van der Waals surface area contributed by atoms with E-state index >= 15 is 0 Å². The monoisotopic (exact) mass is 602 g/mol. The Morgan fingerprint density at radius 1 is 0.391 bits per heavy atom. The van der Waals surface area contributed by atoms with Crippen LogP contribution in [0, 0.1) is 0 Å². The number of hydrogen-bond donors (Lipinski definition) is 0. The summed E-state index contributed by atoms with van der Waals surface area (Å²) in [7, 11) is 0. The highest BCUT2D eigenvalue weighted by molar-refractivity contribution is 7.26. The highest BCUT2D eigenvalue weighted by atomic mass is 32.1. The number of rotatable bonds is 2. The Balaban J connectivity index is 1.34. The third-order valence-corrected chi connectivity index (χ3v) is 11.7. The average molecular weight is 603 g/mol. The van der Waals surface area contributed by atoms with Crippen LogP contribution < -0.4 is 0 Å². The van der Waals surface area contributed by atoms with Crippen molar-refractivity contribution >= 4 is 63.8 Å². The van der Waals surface area contributed by atoms with Gasteiger partial charge in [0.15, 0.2) is 0 Å². The van der Waals surface area contributed by atoms with E-state index in [-0.39, 0.29) is 5.41 Å². The second-order valence-corrected chi connectivity index (χ2v) is 14.2. The van der Waals surface area contributed by atoms with Gasteiger partial charge >= 0.3 is 0 Å². The minimum Gasteiger partial charge on any atom is -0.135 e. The van der Waals surface area contributed by atoms with Crippen molar-refractivity contribution in [2.24, 2.45) is 0 Å². The van der Waals surface area contributed by atoms with E-state index in [1.807, 2.05) is 11.3 Å². The van der Waals surface area contributed by atoms with Crippen LogP contribution in [0.4, 0.5) is 0 Å². The molecule has 0 radical (unpaired) electrons. The van der Waals surface area contributed by atoms with Gasteiger partial charge in [-0.05, 0) is 77.3 Å². The quantitative estimate of drug-likeness (QED) is 0.173. The Bertz CT molecular complexity index is 2660. The van der Waals surface area contributed by atoms with Crippen molar-refractivity contribution in [2.75, 3.05) is 0 Å². The van der Waals surface area contributed by atoms with Crippen LogP contribution in [0.1, 0.15) is 25.0 Å². The van der Waals surface area contributed by atoms with Gasteiger partial charge in [-0.2, -0.15) is 0 Å². The molecular weight excluding hydrogens is 573 g/mol. The molecule has 1 aliphatic carbocycles. The third-order valence-electron chi connectivity index (χ3n) is 10.4. The van der Waals surface area contributed by atoms with Gasteiger partial charge in [-0.3, -0.25) is 0 Å². The van der Waals surface area contributed by atoms with Crippen molar-refractivity contribution in [3.8, 4) is 33.4 Å². The second kappa shape index (κ2) is 9.39. The van der Waals surface area contributed by atoms with Crippen molar-refractivity contribution < 1.29 is 0 Å². The molecule has 216 valence electrons. The van der Waals surface area contributed by atoms with Crippen LogP contribution in [-0.2, 0) is 5.41 Å². The molecule has 10 rings (SSSR count). The molecule has 0 nitrogen and oxygen atoms in total. The molecular formula is C45H30S. The first-order valence-corrected chi connectivity index (χ1v) is 16.9. The first-order chi connectivity index (χ1) is 22.6. The van der Waals surface area contributed by atoms with E-state index in [1.165, 1.54) is 97.0 Å². The van der Waals surface area contributed by atoms with Crippen LogP contribution in [0.5, 0.6) is 0 Å². The SMILES string of the molecule is CC1(C)c2ccc3ccccc3c2-c2cccc(-c3c4ccccc4c(-c4cccc5c4sc4ccccc45)c4ccccc34)c21. The average Bonchev–Trinajstić information content (AvgIpc) is 3.60. The first-order valence-electron chi connectivity index (χ1n) is 16.1. The zero-order valence-electron chi connectivity index (χ0n) is 25.8. The standard InChI is InChI=1S/C45H30S/c1-45(2)38-26-25-27-13-3-4-14-28(27)42(38)36-22-12-21-35(43(36)45)40-30-16-5-7-18-32(30)41(33-19-8-6-17-31(33)40)37-23-11-20-34-29-15-9-10-24-39(29)46-44(34)37/h3-26H,1-2H3. The van der Waals surface area contributed by atoms with Crippen LogP contribution in [0.15, 0.2) is 146 Å². The molecule has 0 bridgehead atoms. The molecule has 0 saturated carbocycles. The fraction of sp³-hybridized carbons (Fsp3) is 0.0667. The van der Waals surface area contributed by atoms with Crippen LogP contribution in [0.25, 0.3) is 85.9 Å². The van der Waals surface area contributed by atoms with Gasteiger partial charge in [0.25, 0.3) is 0 Å². The minimum atomic E-state index is -0.144. The Morgan fingerprint density at radius 2 is 0.891 bits per heavy atom. The normalized spacial score (nSPS) is 13.6. The second-order valence-electron chi connectivity index (χ2n) is 13.2. The summed E-state index contributed by atoms with van der Waals surface area (Å²) in [5.74, 6) is 0. The molecule has 0 saturated heterocycles. The summed E-state index contributed by atoms with van der Waals surface area (Å²) in [6.07, 6.45) is 0. The molecule has 46 heavy (non-hydrogen) atoms. The molecule has 8 aromatic carbocycles. The summed E-state index contributed by atoms with van der Waals surface area (Å²) < 4.78 is 2.69. The summed E-state index contributed by atoms with van der Waals surface area (Å²) in [4.78, 5) is 0. The Labute approximate surface area is 272 Å². The van der Waals surface area contributed by atoms with Crippen LogP contribution in [0.2, 0.25) is 0 Å². The summed E-state index contributed by atoms with van der Waals surface area (Å²) >= 11 is 1.91. The zero-order valence-corrected chi connectivity index (χ0v) is 26.6. The lowest BCUT2D eigenvalue weighted by molar-refractivity contribution is 0.663. The molecule has 1 aromatic heterocycles. The maximum absolute atomic E-state index is 2.41. The van der Waals surface area contributed by atoms with Gasteiger partial charge in [-0.15, -0.1) is 11.3 Å². The topological polar surface area (TPSA) is 0 Å². The third kappa shape index (κ3) is 3.39. The lowest BCUT2D eigenvalue weighted by Gasteiger charge is -2.26. The molecule has 0 amide bonds. The molecule has 9 aromatic rings. The van der Waals surface area contributed by atoms with E-state index in [1.54, 1.807) is 0 Å². The maximum atomic E-state index is 2.41. The summed E-state index contributed by atoms with van der Waals surface area (Å²) in [5, 5.41) is 10.5. The van der Waals surface area contributed by atoms with E-state index in [9.17, 15) is 0 Å². The molecule has 1 heterocycles. The maximum Gasteiger partial charge on any atom is 0.0434 e. The van der Waals surface area contributed by atoms with E-state index in [2.05, 4.69) is 159 Å². The van der Waals surface area contributed by atoms with E-state index < -0.39 is 0 Å². The summed E-state index contributed by atoms with van der Waals surface area (Å²) in [5.41, 5.74) is 10.8. The van der Waals surface area contributed by atoms with Gasteiger partial charge < -0.3 is 0 Å². The number of thiophene rings is 1. The highest BCUT2D eigenvalue weighted by Gasteiger charge is 2.39. The fourth-order valence-electron chi connectivity index (χ4n) is 8.51. The van der Waals surface area contributed by atoms with Gasteiger partial charge in [-0.25, -0.2) is 0 Å². The molecule has 1 heteroatoms. The van der Waals surface area contributed by atoms with Gasteiger partial charge in [0, 0.05) is 31.2 Å². The van der Waals surface area contributed by atoms with Crippen molar-refractivity contribution in [1.29, 1.82) is 0 Å². The largest absolute Gasteiger partial charge is 0.135 e. The summed E-state index contributed by atoms with van der Waals surface area (Å²) in [6.45, 7) is 4.83. The van der Waals surface area contributed by atoms with Crippen molar-refractivity contribution in [3.63, 3.8) is 0 Å². The van der Waals surface area contributed by atoms with Gasteiger partial charge in [0.2, 0.25) is 0 Å². The van der Waals surface area contributed by atoms with Gasteiger partial charge in [0.1, 0.15) is 0 Å². The molecule has 0 unspecified atom stereocenters. The van der Waals surface area contributed by atoms with Crippen LogP contribution in [0.3, 0.4) is 0 Å². The Morgan fingerprint density at radius 3 is 1.59 bits per heavy atom. The summed E-state index contributed by atoms with van der Waals surface area (Å²) in [6, 6.07) is 54.4. The van der Waals surface area contributed by atoms with Crippen molar-refractivity contribution in [2.45, 2.75) is 19.3 Å². The van der Waals surface area contributed by atoms with Crippen molar-refractivity contribution in [3.05, 3.63) is 157 Å². The number of hydrogen-bond acceptors (Lipinski definition) is 1. The van der Waals surface area contributed by atoms with Gasteiger partial charge in [-0.1, -0.05) is 153 Å². The fourth-order valence-corrected chi connectivity index (χ4v) is 9.73. The first kappa shape index (κ1) is 26.0. The van der Waals surface area contributed by atoms with E-state index in [4.69, 9.17) is 0 Å². The Hall–Kier alpha value is -5.24. The lowest BCUT2D eigenvalue weighted by Crippen LogP contribution is -2.16. The predicted molar refractivity (Wildman–Crippen MR) is 200 cm³/mol. The van der Waals surface area contributed by atoms with Crippen LogP contribution >= 0.6 is 11.3 Å². The smallest absolute Gasteiger partial charge is 0.0434 e. The highest BCUT2D eigenvalue weighted by Crippen LogP contribution is 2.56.